The van der Waals surface area contributed by atoms with E-state index in [9.17, 15) is 4.79 Å². The van der Waals surface area contributed by atoms with E-state index in [1.54, 1.807) is 26.3 Å². The largest absolute Gasteiger partial charge is 0.493 e. The maximum absolute atomic E-state index is 12.9. The average Bonchev–Trinajstić information content (AvgIpc) is 2.70. The van der Waals surface area contributed by atoms with Gasteiger partial charge in [-0.15, -0.1) is 0 Å². The fourth-order valence-corrected chi connectivity index (χ4v) is 3.85. The van der Waals surface area contributed by atoms with E-state index in [1.165, 1.54) is 4.68 Å². The molecule has 0 aliphatic heterocycles. The van der Waals surface area contributed by atoms with E-state index in [0.29, 0.717) is 28.2 Å². The van der Waals surface area contributed by atoms with E-state index >= 15 is 0 Å². The van der Waals surface area contributed by atoms with Gasteiger partial charge in [-0.1, -0.05) is 22.9 Å². The lowest BCUT2D eigenvalue weighted by molar-refractivity contribution is 0.206. The maximum Gasteiger partial charge on any atom is 0.282 e. The standard InChI is InChI=1S/C21H21BrIN3O3/c1-5-12(2)29-20-17(23)8-14(9-19(20)28-4)11-24-26-13(3)25-18-7-6-15(22)10-16(18)21(26)27/h6-12H,5H2,1-4H3/t12-/m1/s1. The van der Waals surface area contributed by atoms with Crippen molar-refractivity contribution < 1.29 is 9.47 Å². The van der Waals surface area contributed by atoms with Crippen LogP contribution in [0.1, 0.15) is 31.7 Å². The Morgan fingerprint density at radius 3 is 2.79 bits per heavy atom. The number of halogens is 2. The maximum atomic E-state index is 12.9. The van der Waals surface area contributed by atoms with Gasteiger partial charge in [0.1, 0.15) is 5.82 Å². The highest BCUT2D eigenvalue weighted by Crippen LogP contribution is 2.34. The second-order valence-corrected chi connectivity index (χ2v) is 8.63. The lowest BCUT2D eigenvalue weighted by Gasteiger charge is -2.17. The first kappa shape index (κ1) is 21.8. The summed E-state index contributed by atoms with van der Waals surface area (Å²) in [6, 6.07) is 9.21. The Kier molecular flexibility index (Phi) is 6.94. The number of benzene rings is 2. The molecule has 0 radical (unpaired) electrons. The van der Waals surface area contributed by atoms with Gasteiger partial charge < -0.3 is 9.47 Å². The van der Waals surface area contributed by atoms with Crippen molar-refractivity contribution in [3.63, 3.8) is 0 Å². The van der Waals surface area contributed by atoms with E-state index < -0.39 is 0 Å². The number of ether oxygens (including phenoxy) is 2. The van der Waals surface area contributed by atoms with Crippen LogP contribution in [-0.4, -0.2) is 29.1 Å². The summed E-state index contributed by atoms with van der Waals surface area (Å²) in [5.74, 6) is 1.85. The Morgan fingerprint density at radius 1 is 1.34 bits per heavy atom. The van der Waals surface area contributed by atoms with Gasteiger partial charge in [-0.3, -0.25) is 4.79 Å². The zero-order valence-electron chi connectivity index (χ0n) is 16.6. The zero-order chi connectivity index (χ0) is 21.1. The van der Waals surface area contributed by atoms with E-state index in [1.807, 2.05) is 31.2 Å². The van der Waals surface area contributed by atoms with Crippen molar-refractivity contribution in [1.29, 1.82) is 0 Å². The molecule has 0 aliphatic rings. The molecule has 2 aromatic carbocycles. The number of aromatic nitrogens is 2. The molecule has 0 bridgehead atoms. The molecule has 29 heavy (non-hydrogen) atoms. The average molecular weight is 570 g/mol. The predicted molar refractivity (Wildman–Crippen MR) is 128 cm³/mol. The summed E-state index contributed by atoms with van der Waals surface area (Å²) < 4.78 is 14.5. The Morgan fingerprint density at radius 2 is 2.10 bits per heavy atom. The molecule has 3 aromatic rings. The Hall–Kier alpha value is -1.94. The van der Waals surface area contributed by atoms with E-state index in [2.05, 4.69) is 55.5 Å². The number of hydrogen-bond donors (Lipinski definition) is 0. The van der Waals surface area contributed by atoms with Crippen molar-refractivity contribution in [3.05, 3.63) is 60.1 Å². The van der Waals surface area contributed by atoms with Crippen LogP contribution in [0.4, 0.5) is 0 Å². The minimum atomic E-state index is -0.219. The molecule has 3 rings (SSSR count). The van der Waals surface area contributed by atoms with Crippen LogP contribution in [0, 0.1) is 10.5 Å². The lowest BCUT2D eigenvalue weighted by Crippen LogP contribution is -2.20. The van der Waals surface area contributed by atoms with Gasteiger partial charge in [0, 0.05) is 4.47 Å². The highest BCUT2D eigenvalue weighted by atomic mass is 127. The van der Waals surface area contributed by atoms with Crippen LogP contribution in [0.2, 0.25) is 0 Å². The minimum absolute atomic E-state index is 0.0844. The number of hydrogen-bond acceptors (Lipinski definition) is 5. The smallest absolute Gasteiger partial charge is 0.282 e. The molecule has 0 N–H and O–H groups in total. The lowest BCUT2D eigenvalue weighted by atomic mass is 10.2. The van der Waals surface area contributed by atoms with Crippen molar-refractivity contribution >= 4 is 55.6 Å². The molecule has 1 aromatic heterocycles. The van der Waals surface area contributed by atoms with Gasteiger partial charge in [0.05, 0.1) is 33.9 Å². The van der Waals surface area contributed by atoms with Gasteiger partial charge in [-0.05, 0) is 78.8 Å². The fraction of sp³-hybridized carbons (Fsp3) is 0.286. The summed E-state index contributed by atoms with van der Waals surface area (Å²) >= 11 is 5.61. The van der Waals surface area contributed by atoms with Crippen LogP contribution in [-0.2, 0) is 0 Å². The zero-order valence-corrected chi connectivity index (χ0v) is 20.3. The topological polar surface area (TPSA) is 65.7 Å². The van der Waals surface area contributed by atoms with Crippen LogP contribution in [0.3, 0.4) is 0 Å². The minimum Gasteiger partial charge on any atom is -0.493 e. The Labute approximate surface area is 191 Å². The molecule has 0 saturated heterocycles. The summed E-state index contributed by atoms with van der Waals surface area (Å²) in [5.41, 5.74) is 1.22. The SMILES string of the molecule is CC[C@@H](C)Oc1c(I)cc(C=Nn2c(C)nc3ccc(Br)cc3c2=O)cc1OC. The molecule has 1 atom stereocenters. The molecule has 152 valence electrons. The quantitative estimate of drug-likeness (QED) is 0.304. The normalized spacial score (nSPS) is 12.5. The van der Waals surface area contributed by atoms with E-state index in [-0.39, 0.29) is 11.7 Å². The Bertz CT molecular complexity index is 1140. The molecule has 1 heterocycles. The first-order chi connectivity index (χ1) is 13.8. The van der Waals surface area contributed by atoms with E-state index in [0.717, 1.165) is 20.0 Å². The summed E-state index contributed by atoms with van der Waals surface area (Å²) in [6.07, 6.45) is 2.61. The molecule has 0 spiro atoms. The second kappa shape index (κ2) is 9.25. The summed E-state index contributed by atoms with van der Waals surface area (Å²) in [4.78, 5) is 17.3. The number of methoxy groups -OCH3 is 1. The number of fused-ring (bicyclic) bond motifs is 1. The number of rotatable bonds is 6. The molecule has 0 saturated carbocycles. The molecule has 0 unspecified atom stereocenters. The first-order valence-corrected chi connectivity index (χ1v) is 11.0. The summed E-state index contributed by atoms with van der Waals surface area (Å²) in [5, 5.41) is 4.89. The van der Waals surface area contributed by atoms with Crippen molar-refractivity contribution in [2.24, 2.45) is 5.10 Å². The van der Waals surface area contributed by atoms with Crippen molar-refractivity contribution in [2.45, 2.75) is 33.3 Å². The molecule has 0 amide bonds. The third kappa shape index (κ3) is 4.80. The van der Waals surface area contributed by atoms with Gasteiger partial charge in [0.15, 0.2) is 11.5 Å². The monoisotopic (exact) mass is 569 g/mol. The molecule has 0 fully saturated rings. The summed E-state index contributed by atoms with van der Waals surface area (Å²) in [7, 11) is 1.61. The molecular weight excluding hydrogens is 549 g/mol. The molecule has 8 heteroatoms. The highest BCUT2D eigenvalue weighted by molar-refractivity contribution is 14.1. The van der Waals surface area contributed by atoms with Crippen molar-refractivity contribution in [2.75, 3.05) is 7.11 Å². The molecule has 6 nitrogen and oxygen atoms in total. The Balaban J connectivity index is 2.02. The van der Waals surface area contributed by atoms with Crippen LogP contribution >= 0.6 is 38.5 Å². The summed E-state index contributed by atoms with van der Waals surface area (Å²) in [6.45, 7) is 5.85. The highest BCUT2D eigenvalue weighted by Gasteiger charge is 2.14. The predicted octanol–water partition coefficient (Wildman–Crippen LogP) is 5.14. The third-order valence-corrected chi connectivity index (χ3v) is 5.73. The fourth-order valence-electron chi connectivity index (χ4n) is 2.73. The van der Waals surface area contributed by atoms with Crippen LogP contribution < -0.4 is 15.0 Å². The van der Waals surface area contributed by atoms with Gasteiger partial charge in [0.2, 0.25) is 0 Å². The number of nitrogens with zero attached hydrogens (tertiary/aromatic N) is 3. The van der Waals surface area contributed by atoms with Gasteiger partial charge in [-0.25, -0.2) is 4.98 Å². The van der Waals surface area contributed by atoms with Gasteiger partial charge in [0.25, 0.3) is 5.56 Å². The van der Waals surface area contributed by atoms with Gasteiger partial charge in [-0.2, -0.15) is 9.78 Å². The van der Waals surface area contributed by atoms with E-state index in [4.69, 9.17) is 9.47 Å². The number of aryl methyl sites for hydroxylation is 1. The second-order valence-electron chi connectivity index (χ2n) is 6.55. The van der Waals surface area contributed by atoms with Crippen molar-refractivity contribution in [1.82, 2.24) is 9.66 Å². The first-order valence-electron chi connectivity index (χ1n) is 9.11. The van der Waals surface area contributed by atoms with Crippen molar-refractivity contribution in [3.8, 4) is 11.5 Å². The third-order valence-electron chi connectivity index (χ3n) is 4.44. The molecular formula is C21H21BrIN3O3. The van der Waals surface area contributed by atoms with Crippen LogP contribution in [0.5, 0.6) is 11.5 Å². The van der Waals surface area contributed by atoms with Gasteiger partial charge >= 0.3 is 0 Å². The molecule has 0 aliphatic carbocycles. The van der Waals surface area contributed by atoms with Crippen LogP contribution in [0.15, 0.2) is 44.7 Å². The van der Waals surface area contributed by atoms with Crippen LogP contribution in [0.25, 0.3) is 10.9 Å².